The molecule has 0 unspecified atom stereocenters. The molecule has 0 radical (unpaired) electrons. The summed E-state index contributed by atoms with van der Waals surface area (Å²) in [5.74, 6) is 0.996. The third-order valence-corrected chi connectivity index (χ3v) is 4.94. The van der Waals surface area contributed by atoms with E-state index in [9.17, 15) is 0 Å². The fraction of sp³-hybridized carbons (Fsp3) is 0.550. The summed E-state index contributed by atoms with van der Waals surface area (Å²) in [6.07, 6.45) is 5.20. The lowest BCUT2D eigenvalue weighted by Crippen LogP contribution is -2.44. The lowest BCUT2D eigenvalue weighted by atomic mass is 10.3. The van der Waals surface area contributed by atoms with Crippen molar-refractivity contribution in [3.05, 3.63) is 35.7 Å². The largest absolute Gasteiger partial charge is 0.379 e. The summed E-state index contributed by atoms with van der Waals surface area (Å²) >= 11 is 5.46. The van der Waals surface area contributed by atoms with Crippen molar-refractivity contribution in [2.45, 2.75) is 26.7 Å². The minimum Gasteiger partial charge on any atom is -0.379 e. The molecule has 31 heavy (non-hydrogen) atoms. The molecule has 0 saturated carbocycles. The Morgan fingerprint density at radius 2 is 2.03 bits per heavy atom. The monoisotopic (exact) mass is 445 g/mol. The van der Waals surface area contributed by atoms with Crippen LogP contribution in [0.5, 0.6) is 0 Å². The van der Waals surface area contributed by atoms with Gasteiger partial charge in [0.2, 0.25) is 11.9 Å². The molecular formula is C20H31N9OS. The first kappa shape index (κ1) is 23.0. The number of nitrogens with zero attached hydrogens (tertiary/aromatic N) is 5. The first-order chi connectivity index (χ1) is 15.1. The predicted octanol–water partition coefficient (Wildman–Crippen LogP) is 1.01. The van der Waals surface area contributed by atoms with Gasteiger partial charge in [0.1, 0.15) is 0 Å². The highest BCUT2D eigenvalue weighted by Crippen LogP contribution is 2.04. The molecule has 0 aliphatic carbocycles. The molecule has 0 aromatic carbocycles. The van der Waals surface area contributed by atoms with E-state index in [0.29, 0.717) is 23.6 Å². The number of nitrogens with one attached hydrogen (secondary N) is 4. The summed E-state index contributed by atoms with van der Waals surface area (Å²) < 4.78 is 5.38. The van der Waals surface area contributed by atoms with Gasteiger partial charge in [-0.25, -0.2) is 15.0 Å². The lowest BCUT2D eigenvalue weighted by molar-refractivity contribution is 0.0376. The number of aryl methyl sites for hydroxylation is 2. The van der Waals surface area contributed by atoms with Crippen LogP contribution in [0.25, 0.3) is 0 Å². The Labute approximate surface area is 188 Å². The van der Waals surface area contributed by atoms with Crippen molar-refractivity contribution in [3.63, 3.8) is 0 Å². The van der Waals surface area contributed by atoms with Crippen LogP contribution in [-0.4, -0.2) is 81.8 Å². The molecule has 168 valence electrons. The van der Waals surface area contributed by atoms with E-state index < -0.39 is 0 Å². The number of anilines is 1. The van der Waals surface area contributed by atoms with Crippen LogP contribution in [0.1, 0.15) is 23.5 Å². The van der Waals surface area contributed by atoms with Gasteiger partial charge in [-0.05, 0) is 45.1 Å². The Bertz CT molecular complexity index is 830. The fourth-order valence-corrected chi connectivity index (χ4v) is 3.39. The third kappa shape index (κ3) is 8.56. The molecule has 1 aliphatic heterocycles. The average Bonchev–Trinajstić information content (AvgIpc) is 3.25. The summed E-state index contributed by atoms with van der Waals surface area (Å²) in [5, 5.41) is 10.1. The maximum atomic E-state index is 5.46. The highest BCUT2D eigenvalue weighted by atomic mass is 32.1. The molecule has 3 rings (SSSR count). The van der Waals surface area contributed by atoms with E-state index in [2.05, 4.69) is 45.8 Å². The SMILES string of the molecule is Cc1cc(C)nc(NC(=NCCc2cnc[nH]2)NC(=S)NCCCN2CCOCC2)n1. The molecule has 10 nitrogen and oxygen atoms in total. The number of aliphatic imine (C=N–C) groups is 1. The number of aromatic nitrogens is 4. The second-order valence-electron chi connectivity index (χ2n) is 7.34. The smallest absolute Gasteiger partial charge is 0.229 e. The van der Waals surface area contributed by atoms with Gasteiger partial charge in [-0.2, -0.15) is 0 Å². The van der Waals surface area contributed by atoms with Crippen LogP contribution in [0.15, 0.2) is 23.6 Å². The minimum absolute atomic E-state index is 0.486. The molecule has 3 heterocycles. The highest BCUT2D eigenvalue weighted by molar-refractivity contribution is 7.80. The second kappa shape index (κ2) is 12.3. The number of ether oxygens (including phenoxy) is 1. The summed E-state index contributed by atoms with van der Waals surface area (Å²) in [4.78, 5) is 23.0. The van der Waals surface area contributed by atoms with E-state index in [4.69, 9.17) is 17.0 Å². The molecule has 1 aliphatic rings. The standard InChI is InChI=1S/C20H31N9OS/c1-15-12-16(2)26-19(25-15)27-18(22-6-4-17-13-21-14-24-17)28-20(31)23-5-3-7-29-8-10-30-11-9-29/h12-14H,3-11H2,1-2H3,(H,21,24)(H3,22,23,25,26,27,28,31). The van der Waals surface area contributed by atoms with Gasteiger partial charge in [-0.1, -0.05) is 0 Å². The Morgan fingerprint density at radius 1 is 1.26 bits per heavy atom. The van der Waals surface area contributed by atoms with Gasteiger partial charge in [0, 0.05) is 55.9 Å². The Balaban J connectivity index is 1.51. The van der Waals surface area contributed by atoms with Crippen molar-refractivity contribution in [2.75, 3.05) is 51.3 Å². The van der Waals surface area contributed by atoms with E-state index in [1.54, 1.807) is 12.5 Å². The van der Waals surface area contributed by atoms with E-state index in [0.717, 1.165) is 69.3 Å². The zero-order chi connectivity index (χ0) is 21.9. The van der Waals surface area contributed by atoms with E-state index >= 15 is 0 Å². The van der Waals surface area contributed by atoms with E-state index in [-0.39, 0.29) is 0 Å². The molecule has 2 aromatic heterocycles. The molecule has 1 fully saturated rings. The van der Waals surface area contributed by atoms with Crippen molar-refractivity contribution in [2.24, 2.45) is 4.99 Å². The van der Waals surface area contributed by atoms with Gasteiger partial charge in [0.25, 0.3) is 0 Å². The number of thiocarbonyl (C=S) groups is 1. The number of rotatable bonds is 8. The number of morpholine rings is 1. The van der Waals surface area contributed by atoms with Crippen LogP contribution >= 0.6 is 12.2 Å². The fourth-order valence-electron chi connectivity index (χ4n) is 3.19. The average molecular weight is 446 g/mol. The van der Waals surface area contributed by atoms with Crippen LogP contribution in [-0.2, 0) is 11.2 Å². The number of H-pyrrole nitrogens is 1. The molecule has 0 spiro atoms. The van der Waals surface area contributed by atoms with Crippen molar-refractivity contribution in [1.29, 1.82) is 0 Å². The van der Waals surface area contributed by atoms with Crippen molar-refractivity contribution in [3.8, 4) is 0 Å². The maximum Gasteiger partial charge on any atom is 0.229 e. The third-order valence-electron chi connectivity index (χ3n) is 4.69. The van der Waals surface area contributed by atoms with Crippen LogP contribution in [0.2, 0.25) is 0 Å². The van der Waals surface area contributed by atoms with Crippen LogP contribution < -0.4 is 16.0 Å². The van der Waals surface area contributed by atoms with Gasteiger partial charge in [-0.3, -0.25) is 15.2 Å². The number of hydrogen-bond acceptors (Lipinski definition) is 7. The topological polar surface area (TPSA) is 115 Å². The molecule has 0 bridgehead atoms. The Hall–Kier alpha value is -2.63. The summed E-state index contributed by atoms with van der Waals surface area (Å²) in [5.41, 5.74) is 2.79. The number of guanidine groups is 1. The van der Waals surface area contributed by atoms with E-state index in [1.165, 1.54) is 0 Å². The van der Waals surface area contributed by atoms with Gasteiger partial charge in [0.05, 0.1) is 19.5 Å². The maximum absolute atomic E-state index is 5.46. The molecule has 0 amide bonds. The molecule has 11 heteroatoms. The summed E-state index contributed by atoms with van der Waals surface area (Å²) in [6, 6.07) is 1.92. The van der Waals surface area contributed by atoms with Crippen LogP contribution in [0.4, 0.5) is 5.95 Å². The molecule has 2 aromatic rings. The zero-order valence-electron chi connectivity index (χ0n) is 18.1. The molecule has 0 atom stereocenters. The molecule has 4 N–H and O–H groups in total. The van der Waals surface area contributed by atoms with Crippen molar-refractivity contribution < 1.29 is 4.74 Å². The first-order valence-corrected chi connectivity index (χ1v) is 11.0. The lowest BCUT2D eigenvalue weighted by Gasteiger charge is -2.26. The molecule has 1 saturated heterocycles. The number of aromatic amines is 1. The van der Waals surface area contributed by atoms with Gasteiger partial charge < -0.3 is 20.4 Å². The van der Waals surface area contributed by atoms with Gasteiger partial charge >= 0.3 is 0 Å². The Kier molecular flexibility index (Phi) is 9.13. The zero-order valence-corrected chi connectivity index (χ0v) is 19.0. The minimum atomic E-state index is 0.486. The van der Waals surface area contributed by atoms with E-state index in [1.807, 2.05) is 19.9 Å². The second-order valence-corrected chi connectivity index (χ2v) is 7.75. The molecular weight excluding hydrogens is 414 g/mol. The summed E-state index contributed by atoms with van der Waals surface area (Å²) in [7, 11) is 0. The van der Waals surface area contributed by atoms with Gasteiger partial charge in [0.15, 0.2) is 5.11 Å². The number of imidazole rings is 1. The van der Waals surface area contributed by atoms with Crippen molar-refractivity contribution in [1.82, 2.24) is 35.5 Å². The van der Waals surface area contributed by atoms with Crippen LogP contribution in [0.3, 0.4) is 0 Å². The quantitative estimate of drug-likeness (QED) is 0.204. The first-order valence-electron chi connectivity index (χ1n) is 10.5. The normalized spacial score (nSPS) is 15.0. The van der Waals surface area contributed by atoms with Crippen molar-refractivity contribution >= 4 is 29.2 Å². The summed E-state index contributed by atoms with van der Waals surface area (Å²) in [6.45, 7) is 9.86. The van der Waals surface area contributed by atoms with Gasteiger partial charge in [-0.15, -0.1) is 0 Å². The number of hydrogen-bond donors (Lipinski definition) is 4. The Morgan fingerprint density at radius 3 is 2.74 bits per heavy atom. The highest BCUT2D eigenvalue weighted by Gasteiger charge is 2.10. The predicted molar refractivity (Wildman–Crippen MR) is 125 cm³/mol. The van der Waals surface area contributed by atoms with Crippen LogP contribution in [0, 0.1) is 13.8 Å².